The van der Waals surface area contributed by atoms with Crippen molar-refractivity contribution in [3.8, 4) is 17.0 Å². The number of nitrogens with one attached hydrogen (secondary N) is 1. The average Bonchev–Trinajstić information content (AvgIpc) is 2.54. The van der Waals surface area contributed by atoms with E-state index in [1.807, 2.05) is 18.2 Å². The number of carboxylic acids is 1. The maximum absolute atomic E-state index is 11.9. The number of likely N-dealkylation sites (N-methyl/N-ethyl adjacent to an activating group) is 1. The fraction of sp³-hybridized carbons (Fsp3) is 0.200. The van der Waals surface area contributed by atoms with Gasteiger partial charge in [0.2, 0.25) is 0 Å². The smallest absolute Gasteiger partial charge is 0.323 e. The number of methoxy groups -OCH3 is 1. The molecule has 0 unspecified atom stereocenters. The number of urea groups is 1. The molecule has 0 saturated heterocycles. The standard InChI is InChI=1S/C15H16N4O4/c1-19(8-14(20)21)15(22)18-13-7-11(16-9-17-13)10-5-3-4-6-12(10)23-2/h3-7,9H,8H2,1-2H3,(H,20,21)(H,16,17,18,22). The molecule has 0 aliphatic heterocycles. The number of ether oxygens (including phenoxy) is 1. The zero-order valence-electron chi connectivity index (χ0n) is 12.7. The van der Waals surface area contributed by atoms with Gasteiger partial charge in [-0.2, -0.15) is 0 Å². The molecule has 0 saturated carbocycles. The van der Waals surface area contributed by atoms with Crippen LogP contribution < -0.4 is 10.1 Å². The normalized spacial score (nSPS) is 10.0. The van der Waals surface area contributed by atoms with Gasteiger partial charge in [0, 0.05) is 18.7 Å². The Kier molecular flexibility index (Phi) is 5.08. The van der Waals surface area contributed by atoms with Crippen molar-refractivity contribution < 1.29 is 19.4 Å². The van der Waals surface area contributed by atoms with E-state index in [0.717, 1.165) is 10.5 Å². The van der Waals surface area contributed by atoms with Crippen LogP contribution in [0.5, 0.6) is 5.75 Å². The van der Waals surface area contributed by atoms with Gasteiger partial charge in [0.25, 0.3) is 0 Å². The number of benzene rings is 1. The summed E-state index contributed by atoms with van der Waals surface area (Å²) in [6.07, 6.45) is 1.31. The van der Waals surface area contributed by atoms with Gasteiger partial charge >= 0.3 is 12.0 Å². The summed E-state index contributed by atoms with van der Waals surface area (Å²) >= 11 is 0. The van der Waals surface area contributed by atoms with E-state index in [2.05, 4.69) is 15.3 Å². The number of carboxylic acid groups (broad SMARTS) is 1. The van der Waals surface area contributed by atoms with Crippen LogP contribution in [-0.2, 0) is 4.79 Å². The topological polar surface area (TPSA) is 105 Å². The first kappa shape index (κ1) is 16.2. The monoisotopic (exact) mass is 316 g/mol. The molecule has 2 rings (SSSR count). The molecular formula is C15H16N4O4. The number of rotatable bonds is 5. The highest BCUT2D eigenvalue weighted by molar-refractivity contribution is 5.90. The number of aliphatic carboxylic acids is 1. The number of amides is 2. The van der Waals surface area contributed by atoms with Crippen molar-refractivity contribution in [3.05, 3.63) is 36.7 Å². The molecule has 0 aliphatic rings. The molecule has 0 spiro atoms. The Hall–Kier alpha value is -3.16. The molecule has 0 atom stereocenters. The highest BCUT2D eigenvalue weighted by Crippen LogP contribution is 2.28. The second-order valence-electron chi connectivity index (χ2n) is 4.67. The van der Waals surface area contributed by atoms with E-state index in [0.29, 0.717) is 11.4 Å². The first-order chi connectivity index (χ1) is 11.0. The second-order valence-corrected chi connectivity index (χ2v) is 4.67. The summed E-state index contributed by atoms with van der Waals surface area (Å²) in [7, 11) is 2.94. The molecule has 8 heteroatoms. The predicted octanol–water partition coefficient (Wildman–Crippen LogP) is 1.70. The van der Waals surface area contributed by atoms with E-state index in [-0.39, 0.29) is 5.82 Å². The van der Waals surface area contributed by atoms with Gasteiger partial charge in [-0.25, -0.2) is 14.8 Å². The minimum absolute atomic E-state index is 0.267. The van der Waals surface area contributed by atoms with Crippen molar-refractivity contribution in [1.29, 1.82) is 0 Å². The van der Waals surface area contributed by atoms with E-state index < -0.39 is 18.5 Å². The summed E-state index contributed by atoms with van der Waals surface area (Å²) in [5.41, 5.74) is 1.33. The third-order valence-electron chi connectivity index (χ3n) is 3.00. The van der Waals surface area contributed by atoms with E-state index in [4.69, 9.17) is 9.84 Å². The molecule has 0 fully saturated rings. The van der Waals surface area contributed by atoms with Crippen molar-refractivity contribution in [2.75, 3.05) is 26.0 Å². The van der Waals surface area contributed by atoms with Crippen molar-refractivity contribution in [2.45, 2.75) is 0 Å². The van der Waals surface area contributed by atoms with Crippen molar-refractivity contribution in [3.63, 3.8) is 0 Å². The lowest BCUT2D eigenvalue weighted by Crippen LogP contribution is -2.35. The van der Waals surface area contributed by atoms with Crippen LogP contribution in [0.15, 0.2) is 36.7 Å². The number of carbonyl (C=O) groups is 2. The molecule has 120 valence electrons. The molecule has 0 radical (unpaired) electrons. The summed E-state index contributed by atoms with van der Waals surface area (Å²) in [6, 6.07) is 8.34. The predicted molar refractivity (Wildman–Crippen MR) is 83.3 cm³/mol. The van der Waals surface area contributed by atoms with Crippen LogP contribution in [0.1, 0.15) is 0 Å². The number of carbonyl (C=O) groups excluding carboxylic acids is 1. The minimum Gasteiger partial charge on any atom is -0.496 e. The first-order valence-electron chi connectivity index (χ1n) is 6.70. The SMILES string of the molecule is COc1ccccc1-c1cc(NC(=O)N(C)CC(=O)O)ncn1. The summed E-state index contributed by atoms with van der Waals surface area (Å²) in [5.74, 6) is -0.185. The van der Waals surface area contributed by atoms with Gasteiger partial charge < -0.3 is 14.7 Å². The number of hydrogen-bond donors (Lipinski definition) is 2. The van der Waals surface area contributed by atoms with Gasteiger partial charge in [-0.1, -0.05) is 12.1 Å². The Bertz CT molecular complexity index is 720. The third-order valence-corrected chi connectivity index (χ3v) is 3.00. The van der Waals surface area contributed by atoms with E-state index in [9.17, 15) is 9.59 Å². The molecule has 1 aromatic heterocycles. The van der Waals surface area contributed by atoms with Crippen molar-refractivity contribution >= 4 is 17.8 Å². The number of hydrogen-bond acceptors (Lipinski definition) is 5. The van der Waals surface area contributed by atoms with Crippen LogP contribution in [0.2, 0.25) is 0 Å². The number of anilines is 1. The highest BCUT2D eigenvalue weighted by Gasteiger charge is 2.14. The molecular weight excluding hydrogens is 300 g/mol. The Morgan fingerprint density at radius 2 is 2.04 bits per heavy atom. The lowest BCUT2D eigenvalue weighted by atomic mass is 10.1. The van der Waals surface area contributed by atoms with E-state index in [1.165, 1.54) is 13.4 Å². The summed E-state index contributed by atoms with van der Waals surface area (Å²) in [6.45, 7) is -0.406. The maximum Gasteiger partial charge on any atom is 0.323 e. The Balaban J connectivity index is 2.20. The van der Waals surface area contributed by atoms with Gasteiger partial charge in [-0.05, 0) is 12.1 Å². The first-order valence-corrected chi connectivity index (χ1v) is 6.70. The summed E-state index contributed by atoms with van der Waals surface area (Å²) in [4.78, 5) is 31.7. The fourth-order valence-corrected chi connectivity index (χ4v) is 1.91. The highest BCUT2D eigenvalue weighted by atomic mass is 16.5. The quantitative estimate of drug-likeness (QED) is 0.870. The van der Waals surface area contributed by atoms with E-state index >= 15 is 0 Å². The van der Waals surface area contributed by atoms with E-state index in [1.54, 1.807) is 19.2 Å². The average molecular weight is 316 g/mol. The molecule has 1 heterocycles. The van der Waals surface area contributed by atoms with Crippen molar-refractivity contribution in [1.82, 2.24) is 14.9 Å². The van der Waals surface area contributed by atoms with Crippen LogP contribution >= 0.6 is 0 Å². The van der Waals surface area contributed by atoms with Crippen LogP contribution in [-0.4, -0.2) is 52.7 Å². The molecule has 8 nitrogen and oxygen atoms in total. The Labute approximate surface area is 132 Å². The van der Waals surface area contributed by atoms with Crippen LogP contribution in [0.3, 0.4) is 0 Å². The lowest BCUT2D eigenvalue weighted by Gasteiger charge is -2.15. The zero-order valence-corrected chi connectivity index (χ0v) is 12.7. The molecule has 2 aromatic rings. The summed E-state index contributed by atoms with van der Waals surface area (Å²) in [5, 5.41) is 11.2. The van der Waals surface area contributed by atoms with Gasteiger partial charge in [0.1, 0.15) is 24.4 Å². The number of nitrogens with zero attached hydrogens (tertiary/aromatic N) is 3. The Morgan fingerprint density at radius 1 is 1.30 bits per heavy atom. The maximum atomic E-state index is 11.9. The van der Waals surface area contributed by atoms with Gasteiger partial charge in [-0.15, -0.1) is 0 Å². The Morgan fingerprint density at radius 3 is 2.74 bits per heavy atom. The fourth-order valence-electron chi connectivity index (χ4n) is 1.91. The largest absolute Gasteiger partial charge is 0.496 e. The van der Waals surface area contributed by atoms with Gasteiger partial charge in [-0.3, -0.25) is 10.1 Å². The number of aromatic nitrogens is 2. The molecule has 2 N–H and O–H groups in total. The zero-order chi connectivity index (χ0) is 16.8. The molecule has 0 bridgehead atoms. The van der Waals surface area contributed by atoms with Crippen molar-refractivity contribution in [2.24, 2.45) is 0 Å². The summed E-state index contributed by atoms with van der Waals surface area (Å²) < 4.78 is 5.28. The molecule has 23 heavy (non-hydrogen) atoms. The van der Waals surface area contributed by atoms with Crippen LogP contribution in [0.4, 0.5) is 10.6 Å². The third kappa shape index (κ3) is 4.16. The van der Waals surface area contributed by atoms with Gasteiger partial charge in [0.05, 0.1) is 12.8 Å². The van der Waals surface area contributed by atoms with Gasteiger partial charge in [0.15, 0.2) is 0 Å². The molecule has 0 aliphatic carbocycles. The van der Waals surface area contributed by atoms with Crippen LogP contribution in [0, 0.1) is 0 Å². The van der Waals surface area contributed by atoms with Crippen LogP contribution in [0.25, 0.3) is 11.3 Å². The second kappa shape index (κ2) is 7.21. The molecule has 1 aromatic carbocycles. The lowest BCUT2D eigenvalue weighted by molar-refractivity contribution is -0.137. The minimum atomic E-state index is -1.10. The number of para-hydroxylation sites is 1. The molecule has 2 amide bonds.